The maximum Gasteiger partial charge on any atom is 0.147 e. The lowest BCUT2D eigenvalue weighted by atomic mass is 9.83. The molecule has 10 rings (SSSR count). The molecule has 0 aliphatic carbocycles. The molecule has 0 bridgehead atoms. The van der Waals surface area contributed by atoms with Crippen molar-refractivity contribution in [2.75, 3.05) is 0 Å². The van der Waals surface area contributed by atoms with Gasteiger partial charge in [-0.1, -0.05) is 140 Å². The first kappa shape index (κ1) is 25.2. The fraction of sp³-hybridized carbons (Fsp3) is 0. The lowest BCUT2D eigenvalue weighted by Gasteiger charge is -2.20. The van der Waals surface area contributed by atoms with Gasteiger partial charge in [0.2, 0.25) is 0 Å². The molecule has 0 spiro atoms. The first-order chi connectivity index (χ1) is 22.8. The molecule has 46 heavy (non-hydrogen) atoms. The monoisotopic (exact) mass is 586 g/mol. The summed E-state index contributed by atoms with van der Waals surface area (Å²) in [5.41, 5.74) is 10.4. The van der Waals surface area contributed by atoms with Crippen LogP contribution in [0.2, 0.25) is 0 Å². The highest BCUT2D eigenvalue weighted by atomic mass is 16.3. The Morgan fingerprint density at radius 1 is 0.283 bits per heavy atom. The van der Waals surface area contributed by atoms with Gasteiger partial charge in [0.25, 0.3) is 0 Å². The first-order valence-corrected chi connectivity index (χ1v) is 15.7. The van der Waals surface area contributed by atoms with Gasteiger partial charge >= 0.3 is 0 Å². The summed E-state index contributed by atoms with van der Waals surface area (Å²) < 4.78 is 13.5. The second kappa shape index (κ2) is 9.69. The molecule has 8 aromatic carbocycles. The summed E-state index contributed by atoms with van der Waals surface area (Å²) in [6, 6.07) is 55.9. The van der Waals surface area contributed by atoms with Gasteiger partial charge in [-0.15, -0.1) is 0 Å². The fourth-order valence-corrected chi connectivity index (χ4v) is 7.52. The molecule has 2 nitrogen and oxygen atoms in total. The average Bonchev–Trinajstić information content (AvgIpc) is 3.68. The molecule has 0 unspecified atom stereocenters. The predicted octanol–water partition coefficient (Wildman–Crippen LogP) is 12.8. The van der Waals surface area contributed by atoms with E-state index in [2.05, 4.69) is 146 Å². The van der Waals surface area contributed by atoms with Crippen LogP contribution in [0.1, 0.15) is 0 Å². The van der Waals surface area contributed by atoms with Crippen molar-refractivity contribution in [1.29, 1.82) is 0 Å². The normalized spacial score (nSPS) is 11.9. The van der Waals surface area contributed by atoms with Gasteiger partial charge in [-0.05, 0) is 62.0 Å². The van der Waals surface area contributed by atoms with Crippen molar-refractivity contribution in [2.24, 2.45) is 0 Å². The van der Waals surface area contributed by atoms with Gasteiger partial charge in [-0.3, -0.25) is 0 Å². The molecule has 2 heterocycles. The van der Waals surface area contributed by atoms with Crippen LogP contribution in [0.4, 0.5) is 0 Å². The fourth-order valence-electron chi connectivity index (χ4n) is 7.52. The van der Waals surface area contributed by atoms with Gasteiger partial charge in [0.1, 0.15) is 22.3 Å². The third-order valence-electron chi connectivity index (χ3n) is 9.47. The van der Waals surface area contributed by atoms with E-state index in [9.17, 15) is 0 Å². The Morgan fingerprint density at radius 3 is 1.24 bits per heavy atom. The number of para-hydroxylation sites is 2. The lowest BCUT2D eigenvalue weighted by molar-refractivity contribution is 0.658. The van der Waals surface area contributed by atoms with Gasteiger partial charge < -0.3 is 8.83 Å². The van der Waals surface area contributed by atoms with E-state index in [1.807, 2.05) is 12.1 Å². The SMILES string of the molecule is c1ccc(-c2ccccc2-c2c3ccccc3c(-c3c4oc5ccccc5c4cc4c3oc3ccccc34)c3ccccc23)cc1. The van der Waals surface area contributed by atoms with Crippen LogP contribution in [0.5, 0.6) is 0 Å². The molecule has 2 heteroatoms. The standard InChI is InChI=1S/C44H26O2/c1-2-14-27(15-3-1)28-16-4-5-19-31(28)40-32-20-6-8-22-34(32)41(35-23-9-7-21-33(35)40)42-43-36(29-17-10-12-24-38(29)45-43)26-37-30-18-11-13-25-39(30)46-44(37)42/h1-26H. The van der Waals surface area contributed by atoms with Crippen molar-refractivity contribution in [3.05, 3.63) is 158 Å². The highest BCUT2D eigenvalue weighted by Gasteiger charge is 2.26. The topological polar surface area (TPSA) is 26.3 Å². The minimum Gasteiger partial charge on any atom is -0.455 e. The van der Waals surface area contributed by atoms with Crippen LogP contribution in [0, 0.1) is 0 Å². The number of furan rings is 2. The molecule has 0 saturated heterocycles. The highest BCUT2D eigenvalue weighted by molar-refractivity contribution is 6.30. The van der Waals surface area contributed by atoms with Crippen LogP contribution in [-0.2, 0) is 0 Å². The van der Waals surface area contributed by atoms with E-state index in [0.717, 1.165) is 65.8 Å². The Labute approximate surface area is 264 Å². The Morgan fingerprint density at radius 2 is 0.696 bits per heavy atom. The van der Waals surface area contributed by atoms with Gasteiger partial charge in [0.05, 0.1) is 5.56 Å². The van der Waals surface area contributed by atoms with Crippen LogP contribution in [0.3, 0.4) is 0 Å². The molecule has 0 N–H and O–H groups in total. The zero-order chi connectivity index (χ0) is 30.2. The summed E-state index contributed by atoms with van der Waals surface area (Å²) in [4.78, 5) is 0. The predicted molar refractivity (Wildman–Crippen MR) is 192 cm³/mol. The number of benzene rings is 8. The number of fused-ring (bicyclic) bond motifs is 8. The Balaban J connectivity index is 1.42. The zero-order valence-electron chi connectivity index (χ0n) is 24.8. The molecular formula is C44H26O2. The maximum atomic E-state index is 6.77. The summed E-state index contributed by atoms with van der Waals surface area (Å²) in [6.07, 6.45) is 0. The quantitative estimate of drug-likeness (QED) is 0.193. The molecule has 0 radical (unpaired) electrons. The van der Waals surface area contributed by atoms with E-state index in [-0.39, 0.29) is 0 Å². The summed E-state index contributed by atoms with van der Waals surface area (Å²) in [6.45, 7) is 0. The molecule has 0 aliphatic heterocycles. The van der Waals surface area contributed by atoms with Crippen LogP contribution in [0.25, 0.3) is 98.8 Å². The second-order valence-electron chi connectivity index (χ2n) is 12.0. The van der Waals surface area contributed by atoms with Crippen molar-refractivity contribution in [2.45, 2.75) is 0 Å². The van der Waals surface area contributed by atoms with E-state index in [1.54, 1.807) is 0 Å². The van der Waals surface area contributed by atoms with Crippen LogP contribution in [-0.4, -0.2) is 0 Å². The van der Waals surface area contributed by atoms with Crippen molar-refractivity contribution in [1.82, 2.24) is 0 Å². The van der Waals surface area contributed by atoms with Crippen LogP contribution >= 0.6 is 0 Å². The molecule has 0 amide bonds. The third-order valence-corrected chi connectivity index (χ3v) is 9.47. The minimum atomic E-state index is 0.848. The van der Waals surface area contributed by atoms with E-state index >= 15 is 0 Å². The molecule has 0 atom stereocenters. The largest absolute Gasteiger partial charge is 0.455 e. The molecule has 0 fully saturated rings. The molecular weight excluding hydrogens is 560 g/mol. The number of hydrogen-bond acceptors (Lipinski definition) is 2. The molecule has 2 aromatic heterocycles. The van der Waals surface area contributed by atoms with Crippen molar-refractivity contribution < 1.29 is 8.83 Å². The van der Waals surface area contributed by atoms with Gasteiger partial charge in [-0.2, -0.15) is 0 Å². The Hall–Kier alpha value is -6.12. The number of hydrogen-bond donors (Lipinski definition) is 0. The molecule has 0 aliphatic rings. The first-order valence-electron chi connectivity index (χ1n) is 15.7. The van der Waals surface area contributed by atoms with E-state index in [4.69, 9.17) is 8.83 Å². The molecule has 10 aromatic rings. The molecule has 0 saturated carbocycles. The summed E-state index contributed by atoms with van der Waals surface area (Å²) in [7, 11) is 0. The minimum absolute atomic E-state index is 0.848. The second-order valence-corrected chi connectivity index (χ2v) is 12.0. The third kappa shape index (κ3) is 3.53. The lowest BCUT2D eigenvalue weighted by Crippen LogP contribution is -1.93. The Kier molecular flexibility index (Phi) is 5.31. The Bertz CT molecular complexity index is 2650. The van der Waals surface area contributed by atoms with Gasteiger partial charge in [0, 0.05) is 27.1 Å². The smallest absolute Gasteiger partial charge is 0.147 e. The van der Waals surface area contributed by atoms with Gasteiger partial charge in [0.15, 0.2) is 0 Å². The zero-order valence-corrected chi connectivity index (χ0v) is 24.8. The van der Waals surface area contributed by atoms with Crippen LogP contribution < -0.4 is 0 Å². The van der Waals surface area contributed by atoms with Gasteiger partial charge in [-0.25, -0.2) is 0 Å². The van der Waals surface area contributed by atoms with Crippen molar-refractivity contribution >= 4 is 65.4 Å². The molecule has 214 valence electrons. The summed E-state index contributed by atoms with van der Waals surface area (Å²) >= 11 is 0. The summed E-state index contributed by atoms with van der Waals surface area (Å²) in [5.74, 6) is 0. The van der Waals surface area contributed by atoms with Crippen LogP contribution in [0.15, 0.2) is 167 Å². The summed E-state index contributed by atoms with van der Waals surface area (Å²) in [5, 5.41) is 9.10. The van der Waals surface area contributed by atoms with Crippen molar-refractivity contribution in [3.63, 3.8) is 0 Å². The van der Waals surface area contributed by atoms with E-state index in [0.29, 0.717) is 0 Å². The average molecular weight is 587 g/mol. The van der Waals surface area contributed by atoms with Crippen molar-refractivity contribution in [3.8, 4) is 33.4 Å². The van der Waals surface area contributed by atoms with E-state index in [1.165, 1.54) is 33.0 Å². The van der Waals surface area contributed by atoms with E-state index < -0.39 is 0 Å². The number of rotatable bonds is 3. The highest BCUT2D eigenvalue weighted by Crippen LogP contribution is 2.51. The maximum absolute atomic E-state index is 6.77.